The molecule has 0 aliphatic heterocycles. The number of carbonyl (C=O) groups is 1. The van der Waals surface area contributed by atoms with Crippen molar-refractivity contribution in [2.45, 2.75) is 33.6 Å². The molecule has 2 atom stereocenters. The zero-order chi connectivity index (χ0) is 11.0. The van der Waals surface area contributed by atoms with Crippen molar-refractivity contribution in [2.24, 2.45) is 11.8 Å². The van der Waals surface area contributed by atoms with E-state index in [1.54, 1.807) is 0 Å². The van der Waals surface area contributed by atoms with E-state index in [-0.39, 0.29) is 0 Å². The topological polar surface area (TPSA) is 17.1 Å². The van der Waals surface area contributed by atoms with Crippen LogP contribution in [0.5, 0.6) is 0 Å². The van der Waals surface area contributed by atoms with Gasteiger partial charge in [-0.05, 0) is 37.3 Å². The van der Waals surface area contributed by atoms with Gasteiger partial charge in [-0.25, -0.2) is 0 Å². The second-order valence-electron chi connectivity index (χ2n) is 4.89. The minimum Gasteiger partial charge on any atom is -0.299 e. The van der Waals surface area contributed by atoms with Crippen LogP contribution in [0.2, 0.25) is 0 Å². The average Bonchev–Trinajstić information content (AvgIpc) is 2.89. The zero-order valence-electron chi connectivity index (χ0n) is 9.71. The van der Waals surface area contributed by atoms with Gasteiger partial charge >= 0.3 is 0 Å². The molecule has 2 rings (SSSR count). The molecule has 1 heteroatoms. The summed E-state index contributed by atoms with van der Waals surface area (Å²) in [7, 11) is 0. The van der Waals surface area contributed by atoms with Gasteiger partial charge in [0.2, 0.25) is 0 Å². The fraction of sp³-hybridized carbons (Fsp3) is 0.500. The predicted octanol–water partition coefficient (Wildman–Crippen LogP) is 3.07. The van der Waals surface area contributed by atoms with Crippen LogP contribution in [0.4, 0.5) is 0 Å². The molecule has 1 aromatic carbocycles. The van der Waals surface area contributed by atoms with Gasteiger partial charge < -0.3 is 0 Å². The minimum atomic E-state index is 0.352. The average molecular weight is 202 g/mol. The van der Waals surface area contributed by atoms with Crippen molar-refractivity contribution in [3.63, 3.8) is 0 Å². The molecular formula is C14H18O. The van der Waals surface area contributed by atoms with E-state index in [0.29, 0.717) is 24.0 Å². The van der Waals surface area contributed by atoms with E-state index in [1.165, 1.54) is 16.7 Å². The van der Waals surface area contributed by atoms with E-state index < -0.39 is 0 Å². The molecule has 0 amide bonds. The highest BCUT2D eigenvalue weighted by Crippen LogP contribution is 2.39. The van der Waals surface area contributed by atoms with Crippen molar-refractivity contribution in [3.05, 3.63) is 34.9 Å². The van der Waals surface area contributed by atoms with Crippen molar-refractivity contribution >= 4 is 5.78 Å². The van der Waals surface area contributed by atoms with Crippen LogP contribution in [0.15, 0.2) is 18.2 Å². The van der Waals surface area contributed by atoms with Crippen molar-refractivity contribution in [2.75, 3.05) is 0 Å². The normalized spacial score (nSPS) is 23.9. The molecule has 2 unspecified atom stereocenters. The van der Waals surface area contributed by atoms with E-state index in [0.717, 1.165) is 6.42 Å². The summed E-state index contributed by atoms with van der Waals surface area (Å²) < 4.78 is 0. The lowest BCUT2D eigenvalue weighted by Crippen LogP contribution is -2.07. The number of Topliss-reactive ketones (excluding diaryl/α,β-unsaturated/α-hetero) is 1. The first-order chi connectivity index (χ1) is 7.08. The summed E-state index contributed by atoms with van der Waals surface area (Å²) in [5.41, 5.74) is 3.69. The molecule has 0 spiro atoms. The van der Waals surface area contributed by atoms with E-state index in [2.05, 4.69) is 39.0 Å². The van der Waals surface area contributed by atoms with Gasteiger partial charge in [-0.2, -0.15) is 0 Å². The van der Waals surface area contributed by atoms with Crippen LogP contribution in [0.25, 0.3) is 0 Å². The maximum atomic E-state index is 11.8. The minimum absolute atomic E-state index is 0.352. The smallest absolute Gasteiger partial charge is 0.140 e. The quantitative estimate of drug-likeness (QED) is 0.736. The molecule has 0 aromatic heterocycles. The second kappa shape index (κ2) is 3.80. The molecule has 1 aromatic rings. The van der Waals surface area contributed by atoms with Crippen LogP contribution < -0.4 is 0 Å². The van der Waals surface area contributed by atoms with Crippen molar-refractivity contribution in [3.8, 4) is 0 Å². The molecule has 1 aliphatic carbocycles. The molecule has 0 N–H and O–H groups in total. The van der Waals surface area contributed by atoms with Gasteiger partial charge in [0.05, 0.1) is 0 Å². The first-order valence-electron chi connectivity index (χ1n) is 5.67. The molecule has 1 nitrogen and oxygen atoms in total. The zero-order valence-corrected chi connectivity index (χ0v) is 9.71. The Morgan fingerprint density at radius 1 is 1.40 bits per heavy atom. The number of ketones is 1. The van der Waals surface area contributed by atoms with Crippen LogP contribution >= 0.6 is 0 Å². The Kier molecular flexibility index (Phi) is 2.64. The standard InChI is InChI=1S/C14H18O/c1-9-4-5-10(2)12(6-9)8-14(15)13-7-11(13)3/h4-6,11,13H,7-8H2,1-3H3. The van der Waals surface area contributed by atoms with Crippen LogP contribution in [0.1, 0.15) is 30.0 Å². The van der Waals surface area contributed by atoms with E-state index in [1.807, 2.05) is 0 Å². The highest BCUT2D eigenvalue weighted by Gasteiger charge is 2.38. The highest BCUT2D eigenvalue weighted by atomic mass is 16.1. The molecule has 1 fully saturated rings. The van der Waals surface area contributed by atoms with Gasteiger partial charge in [-0.15, -0.1) is 0 Å². The van der Waals surface area contributed by atoms with E-state index in [4.69, 9.17) is 0 Å². The molecule has 1 saturated carbocycles. The lowest BCUT2D eigenvalue weighted by molar-refractivity contribution is -0.119. The first kappa shape index (κ1) is 10.4. The number of benzene rings is 1. The van der Waals surface area contributed by atoms with E-state index >= 15 is 0 Å². The number of hydrogen-bond acceptors (Lipinski definition) is 1. The lowest BCUT2D eigenvalue weighted by atomic mass is 9.99. The SMILES string of the molecule is Cc1ccc(C)c(CC(=O)C2CC2C)c1. The van der Waals surface area contributed by atoms with Crippen molar-refractivity contribution in [1.82, 2.24) is 0 Å². The molecule has 15 heavy (non-hydrogen) atoms. The Morgan fingerprint density at radius 2 is 2.07 bits per heavy atom. The number of carbonyl (C=O) groups excluding carboxylic acids is 1. The summed E-state index contributed by atoms with van der Waals surface area (Å²) in [6.07, 6.45) is 1.73. The van der Waals surface area contributed by atoms with Crippen molar-refractivity contribution < 1.29 is 4.79 Å². The fourth-order valence-corrected chi connectivity index (χ4v) is 2.08. The monoisotopic (exact) mass is 202 g/mol. The van der Waals surface area contributed by atoms with Gasteiger partial charge in [-0.1, -0.05) is 30.7 Å². The molecule has 80 valence electrons. The Balaban J connectivity index is 2.10. The first-order valence-corrected chi connectivity index (χ1v) is 5.67. The molecule has 0 radical (unpaired) electrons. The maximum Gasteiger partial charge on any atom is 0.140 e. The highest BCUT2D eigenvalue weighted by molar-refractivity contribution is 5.86. The Labute approximate surface area is 91.5 Å². The van der Waals surface area contributed by atoms with Crippen LogP contribution in [0.3, 0.4) is 0 Å². The Hall–Kier alpha value is -1.11. The summed E-state index contributed by atoms with van der Waals surface area (Å²) in [5.74, 6) is 1.41. The third-order valence-electron chi connectivity index (χ3n) is 3.39. The summed E-state index contributed by atoms with van der Waals surface area (Å²) >= 11 is 0. The van der Waals surface area contributed by atoms with Gasteiger partial charge in [0.15, 0.2) is 0 Å². The maximum absolute atomic E-state index is 11.8. The summed E-state index contributed by atoms with van der Waals surface area (Å²) in [4.78, 5) is 11.8. The second-order valence-corrected chi connectivity index (χ2v) is 4.89. The van der Waals surface area contributed by atoms with Gasteiger partial charge in [0.25, 0.3) is 0 Å². The molecule has 0 saturated heterocycles. The Bertz CT molecular complexity index is 392. The molecule has 0 heterocycles. The number of hydrogen-bond donors (Lipinski definition) is 0. The number of aryl methyl sites for hydroxylation is 2. The summed E-state index contributed by atoms with van der Waals surface area (Å²) in [6, 6.07) is 6.34. The van der Waals surface area contributed by atoms with Crippen LogP contribution in [-0.2, 0) is 11.2 Å². The summed E-state index contributed by atoms with van der Waals surface area (Å²) in [6.45, 7) is 6.32. The summed E-state index contributed by atoms with van der Waals surface area (Å²) in [5, 5.41) is 0. The predicted molar refractivity (Wildman–Crippen MR) is 61.9 cm³/mol. The lowest BCUT2D eigenvalue weighted by Gasteiger charge is -2.06. The fourth-order valence-electron chi connectivity index (χ4n) is 2.08. The molecule has 0 bridgehead atoms. The molecular weight excluding hydrogens is 184 g/mol. The van der Waals surface area contributed by atoms with Crippen LogP contribution in [0, 0.1) is 25.7 Å². The third kappa shape index (κ3) is 2.28. The number of rotatable bonds is 3. The molecule has 1 aliphatic rings. The van der Waals surface area contributed by atoms with Crippen molar-refractivity contribution in [1.29, 1.82) is 0 Å². The Morgan fingerprint density at radius 3 is 2.67 bits per heavy atom. The third-order valence-corrected chi connectivity index (χ3v) is 3.39. The largest absolute Gasteiger partial charge is 0.299 e. The van der Waals surface area contributed by atoms with Crippen LogP contribution in [-0.4, -0.2) is 5.78 Å². The van der Waals surface area contributed by atoms with Gasteiger partial charge in [-0.3, -0.25) is 4.79 Å². The van der Waals surface area contributed by atoms with Gasteiger partial charge in [0, 0.05) is 12.3 Å². The van der Waals surface area contributed by atoms with E-state index in [9.17, 15) is 4.79 Å². The van der Waals surface area contributed by atoms with Gasteiger partial charge in [0.1, 0.15) is 5.78 Å².